The average molecular weight is 169 g/mol. The summed E-state index contributed by atoms with van der Waals surface area (Å²) in [5.41, 5.74) is 0.159. The van der Waals surface area contributed by atoms with Crippen LogP contribution in [0.4, 0.5) is 0 Å². The number of hydrogen-bond acceptors (Lipinski definition) is 2. The number of ether oxygens (including phenoxy) is 1. The molecule has 0 aromatic carbocycles. The minimum atomic E-state index is 0.159. The van der Waals surface area contributed by atoms with Crippen LogP contribution in [0.1, 0.15) is 13.8 Å². The van der Waals surface area contributed by atoms with Crippen molar-refractivity contribution in [2.24, 2.45) is 0 Å². The second-order valence-corrected chi connectivity index (χ2v) is 4.05. The predicted octanol–water partition coefficient (Wildman–Crippen LogP) is 2.34. The van der Waals surface area contributed by atoms with Gasteiger partial charge in [-0.1, -0.05) is 13.8 Å². The Morgan fingerprint density at radius 3 is 2.22 bits per heavy atom. The van der Waals surface area contributed by atoms with E-state index in [0.717, 1.165) is 0 Å². The zero-order chi connectivity index (χ0) is 7.28. The van der Waals surface area contributed by atoms with Crippen LogP contribution in [0.2, 0.25) is 0 Å². The third-order valence-corrected chi connectivity index (χ3v) is 2.48. The summed E-state index contributed by atoms with van der Waals surface area (Å²) in [6.07, 6.45) is 0. The van der Waals surface area contributed by atoms with E-state index in [2.05, 4.69) is 13.8 Å². The van der Waals surface area contributed by atoms with Gasteiger partial charge in [-0.2, -0.15) is 0 Å². The smallest absolute Gasteiger partial charge is 0.116 e. The van der Waals surface area contributed by atoms with Crippen LogP contribution in [0.25, 0.3) is 0 Å². The Kier molecular flexibility index (Phi) is 5.75. The molecule has 0 aliphatic carbocycles. The van der Waals surface area contributed by atoms with Gasteiger partial charge in [-0.05, 0) is 0 Å². The third-order valence-electron chi connectivity index (χ3n) is 0.813. The molecule has 0 N–H and O–H groups in total. The molecule has 3 heteroatoms. The fourth-order valence-electron chi connectivity index (χ4n) is 0.458. The van der Waals surface area contributed by atoms with Gasteiger partial charge in [0.25, 0.3) is 0 Å². The van der Waals surface area contributed by atoms with Crippen molar-refractivity contribution < 1.29 is 4.74 Å². The van der Waals surface area contributed by atoms with Crippen molar-refractivity contribution in [1.29, 1.82) is 0 Å². The molecule has 0 aliphatic rings. The highest BCUT2D eigenvalue weighted by Crippen LogP contribution is 2.18. The quantitative estimate of drug-likeness (QED) is 0.471. The zero-order valence-electron chi connectivity index (χ0n) is 6.06. The highest BCUT2D eigenvalue weighted by molar-refractivity contribution is 8.00. The first-order chi connectivity index (χ1) is 4.20. The first kappa shape index (κ1) is 9.60. The summed E-state index contributed by atoms with van der Waals surface area (Å²) in [5.74, 6) is 0.569. The molecule has 0 bridgehead atoms. The standard InChI is InChI=1S/C6H13ClOS/c1-5(2)9-6(4-7)8-3/h5-6H,4H2,1-3H3. The fraction of sp³-hybridized carbons (Fsp3) is 1.00. The molecule has 1 atom stereocenters. The van der Waals surface area contributed by atoms with Crippen molar-refractivity contribution in [2.45, 2.75) is 24.5 Å². The van der Waals surface area contributed by atoms with E-state index in [4.69, 9.17) is 16.3 Å². The van der Waals surface area contributed by atoms with E-state index in [1.807, 2.05) is 0 Å². The van der Waals surface area contributed by atoms with Crippen LogP contribution in [-0.2, 0) is 4.74 Å². The summed E-state index contributed by atoms with van der Waals surface area (Å²) in [6.45, 7) is 4.26. The van der Waals surface area contributed by atoms with Gasteiger partial charge in [0.1, 0.15) is 5.44 Å². The Morgan fingerprint density at radius 2 is 2.11 bits per heavy atom. The van der Waals surface area contributed by atoms with E-state index in [1.165, 1.54) is 0 Å². The Bertz CT molecular complexity index is 64.1. The van der Waals surface area contributed by atoms with Crippen molar-refractivity contribution in [1.82, 2.24) is 0 Å². The van der Waals surface area contributed by atoms with Gasteiger partial charge in [-0.25, -0.2) is 0 Å². The maximum absolute atomic E-state index is 5.57. The van der Waals surface area contributed by atoms with E-state index in [1.54, 1.807) is 18.9 Å². The molecular formula is C6H13ClOS. The van der Waals surface area contributed by atoms with Crippen molar-refractivity contribution in [3.63, 3.8) is 0 Å². The van der Waals surface area contributed by atoms with Crippen LogP contribution in [0.3, 0.4) is 0 Å². The Labute approximate surface area is 66.1 Å². The maximum atomic E-state index is 5.57. The molecule has 1 nitrogen and oxygen atoms in total. The van der Waals surface area contributed by atoms with Crippen molar-refractivity contribution in [3.05, 3.63) is 0 Å². The van der Waals surface area contributed by atoms with Gasteiger partial charge in [0.15, 0.2) is 0 Å². The molecule has 0 aliphatic heterocycles. The lowest BCUT2D eigenvalue weighted by Crippen LogP contribution is -2.10. The second-order valence-electron chi connectivity index (χ2n) is 2.00. The summed E-state index contributed by atoms with van der Waals surface area (Å²) >= 11 is 7.31. The number of thioether (sulfide) groups is 1. The van der Waals surface area contributed by atoms with E-state index < -0.39 is 0 Å². The molecule has 0 aromatic rings. The molecule has 9 heavy (non-hydrogen) atoms. The van der Waals surface area contributed by atoms with Gasteiger partial charge in [-0.3, -0.25) is 0 Å². The van der Waals surface area contributed by atoms with Crippen molar-refractivity contribution in [3.8, 4) is 0 Å². The highest BCUT2D eigenvalue weighted by Gasteiger charge is 2.06. The molecule has 0 fully saturated rings. The minimum Gasteiger partial charge on any atom is -0.370 e. The summed E-state index contributed by atoms with van der Waals surface area (Å²) in [5, 5.41) is 0.591. The third kappa shape index (κ3) is 5.07. The van der Waals surface area contributed by atoms with Crippen LogP contribution >= 0.6 is 23.4 Å². The lowest BCUT2D eigenvalue weighted by atomic mass is 10.6. The second kappa shape index (κ2) is 5.39. The van der Waals surface area contributed by atoms with Crippen molar-refractivity contribution >= 4 is 23.4 Å². The number of rotatable bonds is 4. The molecule has 1 unspecified atom stereocenters. The van der Waals surface area contributed by atoms with Crippen LogP contribution in [-0.4, -0.2) is 23.7 Å². The number of hydrogen-bond donors (Lipinski definition) is 0. The summed E-state index contributed by atoms with van der Waals surface area (Å²) in [4.78, 5) is 0. The zero-order valence-corrected chi connectivity index (χ0v) is 7.63. The largest absolute Gasteiger partial charge is 0.370 e. The molecule has 0 radical (unpaired) electrons. The van der Waals surface area contributed by atoms with Gasteiger partial charge >= 0.3 is 0 Å². The molecule has 0 heterocycles. The predicted molar refractivity (Wildman–Crippen MR) is 44.2 cm³/mol. The average Bonchev–Trinajstić information content (AvgIpc) is 1.82. The SMILES string of the molecule is COC(CCl)SC(C)C. The van der Waals surface area contributed by atoms with Gasteiger partial charge in [0.05, 0.1) is 5.88 Å². The van der Waals surface area contributed by atoms with Gasteiger partial charge in [0, 0.05) is 12.4 Å². The Morgan fingerprint density at radius 1 is 1.56 bits per heavy atom. The van der Waals surface area contributed by atoms with Gasteiger partial charge in [-0.15, -0.1) is 23.4 Å². The monoisotopic (exact) mass is 168 g/mol. The van der Waals surface area contributed by atoms with Gasteiger partial charge in [0.2, 0.25) is 0 Å². The Hall–Kier alpha value is 0.600. The van der Waals surface area contributed by atoms with Crippen LogP contribution in [0.5, 0.6) is 0 Å². The minimum absolute atomic E-state index is 0.159. The van der Waals surface area contributed by atoms with Crippen LogP contribution < -0.4 is 0 Å². The summed E-state index contributed by atoms with van der Waals surface area (Å²) < 4.78 is 5.04. The van der Waals surface area contributed by atoms with Crippen molar-refractivity contribution in [2.75, 3.05) is 13.0 Å². The molecule has 0 rings (SSSR count). The molecule has 0 saturated carbocycles. The van der Waals surface area contributed by atoms with E-state index in [0.29, 0.717) is 11.1 Å². The van der Waals surface area contributed by atoms with E-state index in [-0.39, 0.29) is 5.44 Å². The number of halogens is 1. The molecule has 56 valence electrons. The van der Waals surface area contributed by atoms with Gasteiger partial charge < -0.3 is 4.74 Å². The molecule has 0 aromatic heterocycles. The van der Waals surface area contributed by atoms with E-state index in [9.17, 15) is 0 Å². The lowest BCUT2D eigenvalue weighted by molar-refractivity contribution is 0.189. The fourth-order valence-corrected chi connectivity index (χ4v) is 1.59. The molecular weight excluding hydrogens is 156 g/mol. The number of alkyl halides is 1. The normalized spacial score (nSPS) is 14.3. The molecule has 0 saturated heterocycles. The summed E-state index contributed by atoms with van der Waals surface area (Å²) in [6, 6.07) is 0. The first-order valence-corrected chi connectivity index (χ1v) is 4.42. The lowest BCUT2D eigenvalue weighted by Gasteiger charge is -2.13. The topological polar surface area (TPSA) is 9.23 Å². The molecule has 0 spiro atoms. The maximum Gasteiger partial charge on any atom is 0.116 e. The summed E-state index contributed by atoms with van der Waals surface area (Å²) in [7, 11) is 1.68. The van der Waals surface area contributed by atoms with Crippen LogP contribution in [0.15, 0.2) is 0 Å². The van der Waals surface area contributed by atoms with Crippen LogP contribution in [0, 0.1) is 0 Å². The molecule has 0 amide bonds. The Balaban J connectivity index is 3.31. The van der Waals surface area contributed by atoms with E-state index >= 15 is 0 Å². The first-order valence-electron chi connectivity index (χ1n) is 2.95. The number of methoxy groups -OCH3 is 1. The highest BCUT2D eigenvalue weighted by atomic mass is 35.5.